The molecule has 126 valence electrons. The lowest BCUT2D eigenvalue weighted by Gasteiger charge is -2.30. The summed E-state index contributed by atoms with van der Waals surface area (Å²) in [6, 6.07) is 0.118. The lowest BCUT2D eigenvalue weighted by molar-refractivity contribution is 0.0501. The number of hydrogen-bond acceptors (Lipinski definition) is 2. The highest BCUT2D eigenvalue weighted by molar-refractivity contribution is 5.68. The van der Waals surface area contributed by atoms with Gasteiger partial charge in [0.1, 0.15) is 5.60 Å². The minimum Gasteiger partial charge on any atom is -0.444 e. The Bertz CT molecular complexity index is 534. The molecule has 3 nitrogen and oxygen atoms in total. The van der Waals surface area contributed by atoms with Crippen LogP contribution < -0.4 is 5.32 Å². The van der Waals surface area contributed by atoms with Gasteiger partial charge in [-0.3, -0.25) is 0 Å². The molecule has 0 bridgehead atoms. The van der Waals surface area contributed by atoms with E-state index < -0.39 is 5.60 Å². The number of carbonyl (C=O) groups is 1. The molecule has 0 saturated heterocycles. The van der Waals surface area contributed by atoms with Crippen molar-refractivity contribution in [2.75, 3.05) is 0 Å². The molecule has 3 atom stereocenters. The minimum atomic E-state index is -0.463. The summed E-state index contributed by atoms with van der Waals surface area (Å²) in [5.41, 5.74) is 0.919. The molecule has 2 aliphatic rings. The smallest absolute Gasteiger partial charge is 0.407 e. The molecule has 3 heteroatoms. The Kier molecular flexibility index (Phi) is 5.86. The van der Waals surface area contributed by atoms with Crippen LogP contribution in [-0.4, -0.2) is 17.7 Å². The number of alkyl carbamates (subject to hydrolysis) is 1. The topological polar surface area (TPSA) is 38.3 Å². The van der Waals surface area contributed by atoms with Crippen molar-refractivity contribution < 1.29 is 9.53 Å². The quantitative estimate of drug-likeness (QED) is 0.781. The largest absolute Gasteiger partial charge is 0.444 e. The molecule has 0 aromatic rings. The van der Waals surface area contributed by atoms with Gasteiger partial charge < -0.3 is 10.1 Å². The van der Waals surface area contributed by atoms with E-state index in [0.29, 0.717) is 11.8 Å². The molecule has 0 fully saturated rings. The molecule has 0 aliphatic heterocycles. The Morgan fingerprint density at radius 1 is 1.22 bits per heavy atom. The Labute approximate surface area is 140 Å². The van der Waals surface area contributed by atoms with E-state index >= 15 is 0 Å². The lowest BCUT2D eigenvalue weighted by Crippen LogP contribution is -2.39. The van der Waals surface area contributed by atoms with Crippen LogP contribution in [0.5, 0.6) is 0 Å². The molecule has 1 amide bonds. The lowest BCUT2D eigenvalue weighted by atomic mass is 9.77. The third-order valence-corrected chi connectivity index (χ3v) is 4.09. The Morgan fingerprint density at radius 3 is 2.61 bits per heavy atom. The predicted molar refractivity (Wildman–Crippen MR) is 95.2 cm³/mol. The molecule has 0 aromatic heterocycles. The number of ether oxygens (including phenoxy) is 1. The molecular weight excluding hydrogens is 286 g/mol. The number of fused-ring (bicyclic) bond motifs is 1. The normalized spacial score (nSPS) is 23.9. The maximum Gasteiger partial charge on any atom is 0.407 e. The zero-order valence-electron chi connectivity index (χ0n) is 14.7. The van der Waals surface area contributed by atoms with E-state index in [1.54, 1.807) is 0 Å². The number of amides is 1. The standard InChI is InChI=1S/C20H29NO2/c1-5-9-17(21-19(22)23-20(2,3)4)14-16-12-8-11-15-10-6-7-13-18(15)16/h6-8,10-13,15,17-18H,5,9,14H2,1-4H3,(H,21,22)/t15-,17-,18-/m0/s1. The first-order valence-corrected chi connectivity index (χ1v) is 8.61. The van der Waals surface area contributed by atoms with Crippen molar-refractivity contribution in [3.05, 3.63) is 48.1 Å². The van der Waals surface area contributed by atoms with Gasteiger partial charge in [0.05, 0.1) is 0 Å². The first-order chi connectivity index (χ1) is 10.9. The molecule has 2 rings (SSSR count). The summed E-state index contributed by atoms with van der Waals surface area (Å²) in [6.45, 7) is 7.81. The van der Waals surface area contributed by atoms with E-state index in [-0.39, 0.29) is 12.1 Å². The predicted octanol–water partition coefficient (Wildman–Crippen LogP) is 4.92. The molecule has 1 N–H and O–H groups in total. The van der Waals surface area contributed by atoms with E-state index in [0.717, 1.165) is 19.3 Å². The van der Waals surface area contributed by atoms with Crippen LogP contribution in [-0.2, 0) is 4.74 Å². The first kappa shape index (κ1) is 17.6. The first-order valence-electron chi connectivity index (χ1n) is 8.61. The van der Waals surface area contributed by atoms with Gasteiger partial charge in [0.2, 0.25) is 0 Å². The zero-order chi connectivity index (χ0) is 16.9. The van der Waals surface area contributed by atoms with Gasteiger partial charge in [0.25, 0.3) is 0 Å². The minimum absolute atomic E-state index is 0.118. The molecule has 0 aromatic carbocycles. The van der Waals surface area contributed by atoms with Gasteiger partial charge in [0, 0.05) is 17.9 Å². The highest BCUT2D eigenvalue weighted by Crippen LogP contribution is 2.34. The van der Waals surface area contributed by atoms with E-state index in [9.17, 15) is 4.79 Å². The van der Waals surface area contributed by atoms with Crippen molar-refractivity contribution in [3.8, 4) is 0 Å². The summed E-state index contributed by atoms with van der Waals surface area (Å²) in [5.74, 6) is 0.869. The van der Waals surface area contributed by atoms with Crippen molar-refractivity contribution >= 4 is 6.09 Å². The van der Waals surface area contributed by atoms with Crippen LogP contribution in [0.4, 0.5) is 4.79 Å². The molecule has 23 heavy (non-hydrogen) atoms. The van der Waals surface area contributed by atoms with Crippen LogP contribution in [0.25, 0.3) is 0 Å². The highest BCUT2D eigenvalue weighted by atomic mass is 16.6. The van der Waals surface area contributed by atoms with Crippen molar-refractivity contribution in [3.63, 3.8) is 0 Å². The second-order valence-electron chi connectivity index (χ2n) is 7.34. The van der Waals surface area contributed by atoms with Gasteiger partial charge in [-0.05, 0) is 33.6 Å². The maximum atomic E-state index is 12.1. The number of allylic oxidation sites excluding steroid dienone is 7. The van der Waals surface area contributed by atoms with Crippen LogP contribution in [0.15, 0.2) is 48.1 Å². The van der Waals surface area contributed by atoms with Gasteiger partial charge >= 0.3 is 6.09 Å². The number of carbonyl (C=O) groups excluding carboxylic acids is 1. The van der Waals surface area contributed by atoms with Crippen LogP contribution in [0.1, 0.15) is 47.0 Å². The van der Waals surface area contributed by atoms with Crippen LogP contribution in [0.2, 0.25) is 0 Å². The Hall–Kier alpha value is -1.77. The summed E-state index contributed by atoms with van der Waals surface area (Å²) >= 11 is 0. The van der Waals surface area contributed by atoms with Crippen LogP contribution in [0, 0.1) is 11.8 Å². The van der Waals surface area contributed by atoms with Gasteiger partial charge in [0.15, 0.2) is 0 Å². The fraction of sp³-hybridized carbons (Fsp3) is 0.550. The Morgan fingerprint density at radius 2 is 1.91 bits per heavy atom. The third-order valence-electron chi connectivity index (χ3n) is 4.09. The fourth-order valence-corrected chi connectivity index (χ4v) is 3.13. The van der Waals surface area contributed by atoms with Crippen molar-refractivity contribution in [1.82, 2.24) is 5.32 Å². The fourth-order valence-electron chi connectivity index (χ4n) is 3.13. The SMILES string of the molecule is CCC[C@@H](CC1=CC=C[C@@H]2C=CC=C[C@H]12)NC(=O)OC(C)(C)C. The second kappa shape index (κ2) is 7.67. The van der Waals surface area contributed by atoms with Gasteiger partial charge in [-0.15, -0.1) is 0 Å². The summed E-state index contributed by atoms with van der Waals surface area (Å²) in [6.07, 6.45) is 17.8. The van der Waals surface area contributed by atoms with Gasteiger partial charge in [-0.2, -0.15) is 0 Å². The molecular formula is C20H29NO2. The van der Waals surface area contributed by atoms with Crippen LogP contribution >= 0.6 is 0 Å². The van der Waals surface area contributed by atoms with E-state index in [1.165, 1.54) is 5.57 Å². The molecule has 0 radical (unpaired) electrons. The average Bonchev–Trinajstić information content (AvgIpc) is 2.46. The van der Waals surface area contributed by atoms with Gasteiger partial charge in [-0.1, -0.05) is 61.4 Å². The molecule has 0 heterocycles. The second-order valence-corrected chi connectivity index (χ2v) is 7.34. The van der Waals surface area contributed by atoms with Crippen LogP contribution in [0.3, 0.4) is 0 Å². The van der Waals surface area contributed by atoms with Crippen molar-refractivity contribution in [1.29, 1.82) is 0 Å². The van der Waals surface area contributed by atoms with E-state index in [2.05, 4.69) is 54.8 Å². The summed E-state index contributed by atoms with van der Waals surface area (Å²) < 4.78 is 5.40. The monoisotopic (exact) mass is 315 g/mol. The van der Waals surface area contributed by atoms with Gasteiger partial charge in [-0.25, -0.2) is 4.79 Å². The molecule has 2 aliphatic carbocycles. The number of hydrogen-bond donors (Lipinski definition) is 1. The summed E-state index contributed by atoms with van der Waals surface area (Å²) in [5, 5.41) is 3.05. The molecule has 0 saturated carbocycles. The van der Waals surface area contributed by atoms with Crippen molar-refractivity contribution in [2.24, 2.45) is 11.8 Å². The van der Waals surface area contributed by atoms with Crippen molar-refractivity contribution in [2.45, 2.75) is 58.6 Å². The third kappa shape index (κ3) is 5.42. The van der Waals surface area contributed by atoms with E-state index in [4.69, 9.17) is 4.74 Å². The zero-order valence-corrected chi connectivity index (χ0v) is 14.7. The molecule has 0 spiro atoms. The highest BCUT2D eigenvalue weighted by Gasteiger charge is 2.26. The summed E-state index contributed by atoms with van der Waals surface area (Å²) in [7, 11) is 0. The molecule has 0 unspecified atom stereocenters. The Balaban J connectivity index is 2.00. The summed E-state index contributed by atoms with van der Waals surface area (Å²) in [4.78, 5) is 12.1. The maximum absolute atomic E-state index is 12.1. The van der Waals surface area contributed by atoms with E-state index in [1.807, 2.05) is 20.8 Å². The average molecular weight is 315 g/mol. The number of rotatable bonds is 5. The number of nitrogens with one attached hydrogen (secondary N) is 1.